The van der Waals surface area contributed by atoms with E-state index in [9.17, 15) is 15.0 Å². The summed E-state index contributed by atoms with van der Waals surface area (Å²) in [6.07, 6.45) is -1.89. The standard InChI is InChI=1S/C9H13NO5/c1-3-14-9(13)8(12)7(11)6-4-15-5(2)10-6/h4,7-8,11-12H,3H2,1-2H3/t7-,8+/m1/s1. The van der Waals surface area contributed by atoms with Crippen molar-refractivity contribution >= 4 is 5.97 Å². The van der Waals surface area contributed by atoms with Gasteiger partial charge in [-0.15, -0.1) is 0 Å². The van der Waals surface area contributed by atoms with E-state index >= 15 is 0 Å². The van der Waals surface area contributed by atoms with E-state index in [0.29, 0.717) is 5.89 Å². The Labute approximate surface area is 86.5 Å². The molecule has 0 saturated heterocycles. The van der Waals surface area contributed by atoms with Gasteiger partial charge < -0.3 is 19.4 Å². The molecule has 15 heavy (non-hydrogen) atoms. The lowest BCUT2D eigenvalue weighted by Gasteiger charge is -2.13. The number of aliphatic hydroxyl groups excluding tert-OH is 2. The van der Waals surface area contributed by atoms with Crippen LogP contribution in [-0.4, -0.2) is 33.9 Å². The van der Waals surface area contributed by atoms with Gasteiger partial charge in [-0.1, -0.05) is 0 Å². The molecule has 0 bridgehead atoms. The molecule has 2 atom stereocenters. The van der Waals surface area contributed by atoms with Crippen LogP contribution in [-0.2, 0) is 9.53 Å². The molecular formula is C9H13NO5. The Bertz CT molecular complexity index is 335. The zero-order valence-electron chi connectivity index (χ0n) is 8.51. The molecule has 0 spiro atoms. The van der Waals surface area contributed by atoms with E-state index in [4.69, 9.17) is 4.42 Å². The van der Waals surface area contributed by atoms with Gasteiger partial charge in [0.05, 0.1) is 6.61 Å². The Morgan fingerprint density at radius 2 is 2.33 bits per heavy atom. The maximum atomic E-state index is 11.1. The summed E-state index contributed by atoms with van der Waals surface area (Å²) < 4.78 is 9.39. The van der Waals surface area contributed by atoms with Gasteiger partial charge in [0.25, 0.3) is 0 Å². The van der Waals surface area contributed by atoms with Crippen molar-refractivity contribution in [2.75, 3.05) is 6.61 Å². The van der Waals surface area contributed by atoms with Gasteiger partial charge in [0.2, 0.25) is 0 Å². The third-order valence-electron chi connectivity index (χ3n) is 1.77. The molecule has 1 aromatic rings. The maximum Gasteiger partial charge on any atom is 0.338 e. The highest BCUT2D eigenvalue weighted by molar-refractivity contribution is 5.75. The number of hydrogen-bond donors (Lipinski definition) is 2. The molecular weight excluding hydrogens is 202 g/mol. The van der Waals surface area contributed by atoms with Gasteiger partial charge in [0.15, 0.2) is 12.0 Å². The van der Waals surface area contributed by atoms with Crippen LogP contribution >= 0.6 is 0 Å². The molecule has 1 rings (SSSR count). The van der Waals surface area contributed by atoms with Crippen LogP contribution in [0.2, 0.25) is 0 Å². The topological polar surface area (TPSA) is 92.8 Å². The van der Waals surface area contributed by atoms with Crippen molar-refractivity contribution in [3.05, 3.63) is 17.8 Å². The van der Waals surface area contributed by atoms with Gasteiger partial charge in [0.1, 0.15) is 18.1 Å². The number of rotatable bonds is 4. The molecule has 0 radical (unpaired) electrons. The molecule has 1 heterocycles. The Morgan fingerprint density at radius 3 is 2.80 bits per heavy atom. The molecule has 0 unspecified atom stereocenters. The van der Waals surface area contributed by atoms with Gasteiger partial charge >= 0.3 is 5.97 Å². The molecule has 1 aromatic heterocycles. The van der Waals surface area contributed by atoms with Crippen LogP contribution in [0.4, 0.5) is 0 Å². The van der Waals surface area contributed by atoms with E-state index in [1.807, 2.05) is 0 Å². The summed E-state index contributed by atoms with van der Waals surface area (Å²) >= 11 is 0. The third kappa shape index (κ3) is 2.77. The lowest BCUT2D eigenvalue weighted by molar-refractivity contribution is -0.159. The van der Waals surface area contributed by atoms with Crippen LogP contribution < -0.4 is 0 Å². The predicted octanol–water partition coefficient (Wildman–Crippen LogP) is -0.0596. The van der Waals surface area contributed by atoms with Crippen LogP contribution in [0.5, 0.6) is 0 Å². The van der Waals surface area contributed by atoms with Crippen LogP contribution in [0.15, 0.2) is 10.7 Å². The zero-order valence-corrected chi connectivity index (χ0v) is 8.51. The Hall–Kier alpha value is -1.40. The molecule has 0 aliphatic carbocycles. The number of aryl methyl sites for hydroxylation is 1. The monoisotopic (exact) mass is 215 g/mol. The molecule has 0 aromatic carbocycles. The first-order valence-corrected chi connectivity index (χ1v) is 4.51. The van der Waals surface area contributed by atoms with Crippen molar-refractivity contribution < 1.29 is 24.2 Å². The SMILES string of the molecule is CCOC(=O)[C@@H](O)[C@H](O)c1coc(C)n1. The first kappa shape index (κ1) is 11.7. The summed E-state index contributed by atoms with van der Waals surface area (Å²) in [4.78, 5) is 14.9. The summed E-state index contributed by atoms with van der Waals surface area (Å²) in [6.45, 7) is 3.34. The highest BCUT2D eigenvalue weighted by atomic mass is 16.5. The number of carbonyl (C=O) groups is 1. The van der Waals surface area contributed by atoms with Crippen LogP contribution in [0.3, 0.4) is 0 Å². The predicted molar refractivity (Wildman–Crippen MR) is 48.8 cm³/mol. The van der Waals surface area contributed by atoms with Crippen molar-refractivity contribution in [2.24, 2.45) is 0 Å². The minimum atomic E-state index is -1.64. The van der Waals surface area contributed by atoms with E-state index in [2.05, 4.69) is 9.72 Å². The van der Waals surface area contributed by atoms with Crippen molar-refractivity contribution in [3.8, 4) is 0 Å². The average molecular weight is 215 g/mol. The first-order chi connectivity index (χ1) is 7.06. The summed E-state index contributed by atoms with van der Waals surface area (Å²) in [5.41, 5.74) is 0.105. The molecule has 84 valence electrons. The molecule has 0 aliphatic heterocycles. The second kappa shape index (κ2) is 4.90. The second-order valence-electron chi connectivity index (χ2n) is 2.93. The highest BCUT2D eigenvalue weighted by Gasteiger charge is 2.28. The molecule has 0 amide bonds. The molecule has 6 nitrogen and oxygen atoms in total. The van der Waals surface area contributed by atoms with Gasteiger partial charge in [-0.05, 0) is 6.92 Å². The van der Waals surface area contributed by atoms with Crippen molar-refractivity contribution in [1.82, 2.24) is 4.98 Å². The fraction of sp³-hybridized carbons (Fsp3) is 0.556. The van der Waals surface area contributed by atoms with E-state index in [-0.39, 0.29) is 12.3 Å². The van der Waals surface area contributed by atoms with Crippen molar-refractivity contribution in [1.29, 1.82) is 0 Å². The number of aliphatic hydroxyl groups is 2. The Morgan fingerprint density at radius 1 is 1.67 bits per heavy atom. The molecule has 2 N–H and O–H groups in total. The number of esters is 1. The fourth-order valence-electron chi connectivity index (χ4n) is 1.03. The van der Waals surface area contributed by atoms with Crippen LogP contribution in [0.1, 0.15) is 24.6 Å². The number of hydrogen-bond acceptors (Lipinski definition) is 6. The average Bonchev–Trinajstić information content (AvgIpc) is 2.63. The summed E-state index contributed by atoms with van der Waals surface area (Å²) in [7, 11) is 0. The lowest BCUT2D eigenvalue weighted by Crippen LogP contribution is -2.30. The number of carbonyl (C=O) groups excluding carboxylic acids is 1. The Balaban J connectivity index is 2.67. The van der Waals surface area contributed by atoms with Crippen LogP contribution in [0, 0.1) is 6.92 Å². The van der Waals surface area contributed by atoms with Gasteiger partial charge in [0, 0.05) is 6.92 Å². The largest absolute Gasteiger partial charge is 0.464 e. The third-order valence-corrected chi connectivity index (χ3v) is 1.77. The van der Waals surface area contributed by atoms with Gasteiger partial charge in [-0.25, -0.2) is 9.78 Å². The molecule has 0 fully saturated rings. The summed E-state index contributed by atoms with van der Waals surface area (Å²) in [5.74, 6) is -0.536. The van der Waals surface area contributed by atoms with Crippen molar-refractivity contribution in [3.63, 3.8) is 0 Å². The smallest absolute Gasteiger partial charge is 0.338 e. The summed E-state index contributed by atoms with van der Waals surface area (Å²) in [5, 5.41) is 18.9. The highest BCUT2D eigenvalue weighted by Crippen LogP contribution is 2.16. The normalized spacial score (nSPS) is 14.7. The minimum absolute atomic E-state index is 0.105. The van der Waals surface area contributed by atoms with Gasteiger partial charge in [-0.3, -0.25) is 0 Å². The van der Waals surface area contributed by atoms with Crippen molar-refractivity contribution in [2.45, 2.75) is 26.1 Å². The van der Waals surface area contributed by atoms with Gasteiger partial charge in [-0.2, -0.15) is 0 Å². The van der Waals surface area contributed by atoms with E-state index < -0.39 is 18.2 Å². The number of aromatic nitrogens is 1. The molecule has 6 heteroatoms. The fourth-order valence-corrected chi connectivity index (χ4v) is 1.03. The second-order valence-corrected chi connectivity index (χ2v) is 2.93. The minimum Gasteiger partial charge on any atom is -0.464 e. The van der Waals surface area contributed by atoms with E-state index in [1.165, 1.54) is 6.26 Å². The Kier molecular flexibility index (Phi) is 3.81. The summed E-state index contributed by atoms with van der Waals surface area (Å²) in [6, 6.07) is 0. The zero-order chi connectivity index (χ0) is 11.4. The van der Waals surface area contributed by atoms with Crippen LogP contribution in [0.25, 0.3) is 0 Å². The first-order valence-electron chi connectivity index (χ1n) is 4.51. The molecule has 0 aliphatic rings. The number of nitrogens with zero attached hydrogens (tertiary/aromatic N) is 1. The van der Waals surface area contributed by atoms with E-state index in [1.54, 1.807) is 13.8 Å². The van der Waals surface area contributed by atoms with E-state index in [0.717, 1.165) is 0 Å². The molecule has 0 saturated carbocycles. The lowest BCUT2D eigenvalue weighted by atomic mass is 10.1. The quantitative estimate of drug-likeness (QED) is 0.683. The number of ether oxygens (including phenoxy) is 1. The maximum absolute atomic E-state index is 11.1. The number of oxazole rings is 1.